The summed E-state index contributed by atoms with van der Waals surface area (Å²) >= 11 is 0. The summed E-state index contributed by atoms with van der Waals surface area (Å²) in [7, 11) is 1.74. The first-order chi connectivity index (χ1) is 8.04. The number of methoxy groups -OCH3 is 1. The van der Waals surface area contributed by atoms with Gasteiger partial charge in [-0.2, -0.15) is 0 Å². The van der Waals surface area contributed by atoms with E-state index in [0.717, 1.165) is 13.0 Å². The van der Waals surface area contributed by atoms with Crippen LogP contribution in [0.15, 0.2) is 24.3 Å². The third kappa shape index (κ3) is 4.49. The molecule has 0 saturated heterocycles. The van der Waals surface area contributed by atoms with Crippen LogP contribution in [0.4, 0.5) is 0 Å². The van der Waals surface area contributed by atoms with Crippen molar-refractivity contribution in [2.24, 2.45) is 11.7 Å². The zero-order chi connectivity index (χ0) is 12.8. The first-order valence-corrected chi connectivity index (χ1v) is 6.39. The average Bonchev–Trinajstić information content (AvgIpc) is 2.29. The maximum Gasteiger partial charge on any atom is 0.0488 e. The lowest BCUT2D eigenvalue weighted by Crippen LogP contribution is -2.16. The Morgan fingerprint density at radius 3 is 2.06 bits per heavy atom. The standard InChI is InChI=1S/C15H25NO/c1-11(2)13-5-7-14(8-6-13)15(16)9-12(3)10-17-4/h5-8,11-12,15H,9-10,16H2,1-4H3. The molecule has 2 N–H and O–H groups in total. The number of hydrogen-bond donors (Lipinski definition) is 1. The summed E-state index contributed by atoms with van der Waals surface area (Å²) in [6.45, 7) is 7.36. The van der Waals surface area contributed by atoms with Crippen molar-refractivity contribution in [2.75, 3.05) is 13.7 Å². The summed E-state index contributed by atoms with van der Waals surface area (Å²) in [6, 6.07) is 8.78. The van der Waals surface area contributed by atoms with Crippen LogP contribution in [0, 0.1) is 5.92 Å². The van der Waals surface area contributed by atoms with Gasteiger partial charge in [0.05, 0.1) is 0 Å². The first kappa shape index (κ1) is 14.2. The molecule has 0 spiro atoms. The topological polar surface area (TPSA) is 35.2 Å². The maximum atomic E-state index is 6.20. The van der Waals surface area contributed by atoms with E-state index in [4.69, 9.17) is 10.5 Å². The molecule has 2 nitrogen and oxygen atoms in total. The summed E-state index contributed by atoms with van der Waals surface area (Å²) in [5, 5.41) is 0. The number of rotatable bonds is 6. The quantitative estimate of drug-likeness (QED) is 0.819. The monoisotopic (exact) mass is 235 g/mol. The summed E-state index contributed by atoms with van der Waals surface area (Å²) < 4.78 is 5.14. The molecule has 96 valence electrons. The molecule has 0 bridgehead atoms. The zero-order valence-corrected chi connectivity index (χ0v) is 11.4. The van der Waals surface area contributed by atoms with E-state index < -0.39 is 0 Å². The SMILES string of the molecule is COCC(C)CC(N)c1ccc(C(C)C)cc1. The number of ether oxygens (including phenoxy) is 1. The minimum atomic E-state index is 0.112. The lowest BCUT2D eigenvalue weighted by atomic mass is 9.94. The van der Waals surface area contributed by atoms with Gasteiger partial charge in [-0.25, -0.2) is 0 Å². The van der Waals surface area contributed by atoms with E-state index in [0.29, 0.717) is 11.8 Å². The van der Waals surface area contributed by atoms with Gasteiger partial charge in [-0.05, 0) is 29.4 Å². The highest BCUT2D eigenvalue weighted by Gasteiger charge is 2.11. The second kappa shape index (κ2) is 6.77. The number of benzene rings is 1. The van der Waals surface area contributed by atoms with Crippen molar-refractivity contribution in [2.45, 2.75) is 39.2 Å². The molecule has 2 atom stereocenters. The lowest BCUT2D eigenvalue weighted by Gasteiger charge is -2.17. The molecule has 0 saturated carbocycles. The van der Waals surface area contributed by atoms with Gasteiger partial charge in [0.1, 0.15) is 0 Å². The van der Waals surface area contributed by atoms with Gasteiger partial charge in [0.25, 0.3) is 0 Å². The molecule has 0 aliphatic heterocycles. The van der Waals surface area contributed by atoms with E-state index in [9.17, 15) is 0 Å². The molecule has 1 aromatic rings. The van der Waals surface area contributed by atoms with Gasteiger partial charge in [0, 0.05) is 19.8 Å². The molecule has 0 fully saturated rings. The van der Waals surface area contributed by atoms with E-state index >= 15 is 0 Å². The van der Waals surface area contributed by atoms with Crippen LogP contribution in [0.25, 0.3) is 0 Å². The fraction of sp³-hybridized carbons (Fsp3) is 0.600. The molecule has 1 rings (SSSR count). The molecule has 2 unspecified atom stereocenters. The highest BCUT2D eigenvalue weighted by atomic mass is 16.5. The molecule has 0 radical (unpaired) electrons. The molecule has 17 heavy (non-hydrogen) atoms. The molecule has 0 aliphatic rings. The zero-order valence-electron chi connectivity index (χ0n) is 11.4. The Morgan fingerprint density at radius 1 is 1.06 bits per heavy atom. The second-order valence-electron chi connectivity index (χ2n) is 5.22. The van der Waals surface area contributed by atoms with E-state index in [1.165, 1.54) is 11.1 Å². The van der Waals surface area contributed by atoms with E-state index in [1.54, 1.807) is 7.11 Å². The Bertz CT molecular complexity index is 318. The predicted molar refractivity (Wildman–Crippen MR) is 73.1 cm³/mol. The average molecular weight is 235 g/mol. The lowest BCUT2D eigenvalue weighted by molar-refractivity contribution is 0.152. The van der Waals surface area contributed by atoms with E-state index in [1.807, 2.05) is 0 Å². The molecule has 0 heterocycles. The molecular formula is C15H25NO. The van der Waals surface area contributed by atoms with Crippen LogP contribution in [0.5, 0.6) is 0 Å². The Kier molecular flexibility index (Phi) is 5.66. The fourth-order valence-electron chi connectivity index (χ4n) is 2.05. The van der Waals surface area contributed by atoms with Crippen LogP contribution in [0.2, 0.25) is 0 Å². The van der Waals surface area contributed by atoms with Crippen molar-refractivity contribution < 1.29 is 4.74 Å². The van der Waals surface area contributed by atoms with Crippen molar-refractivity contribution in [3.63, 3.8) is 0 Å². The van der Waals surface area contributed by atoms with Crippen molar-refractivity contribution in [3.05, 3.63) is 35.4 Å². The van der Waals surface area contributed by atoms with Crippen LogP contribution in [0.3, 0.4) is 0 Å². The molecule has 0 amide bonds. The normalized spacial score (nSPS) is 14.9. The largest absolute Gasteiger partial charge is 0.384 e. The van der Waals surface area contributed by atoms with E-state index in [-0.39, 0.29) is 6.04 Å². The van der Waals surface area contributed by atoms with Crippen LogP contribution in [-0.4, -0.2) is 13.7 Å². The Labute approximate surface area is 105 Å². The second-order valence-corrected chi connectivity index (χ2v) is 5.22. The third-order valence-corrected chi connectivity index (χ3v) is 3.14. The van der Waals surface area contributed by atoms with E-state index in [2.05, 4.69) is 45.0 Å². The van der Waals surface area contributed by atoms with Gasteiger partial charge in [0.15, 0.2) is 0 Å². The van der Waals surface area contributed by atoms with Crippen LogP contribution >= 0.6 is 0 Å². The summed E-state index contributed by atoms with van der Waals surface area (Å²) in [4.78, 5) is 0. The van der Waals surface area contributed by atoms with Gasteiger partial charge in [-0.1, -0.05) is 45.0 Å². The number of nitrogens with two attached hydrogens (primary N) is 1. The Morgan fingerprint density at radius 2 is 1.59 bits per heavy atom. The van der Waals surface area contributed by atoms with Gasteiger partial charge >= 0.3 is 0 Å². The van der Waals surface area contributed by atoms with Gasteiger partial charge < -0.3 is 10.5 Å². The molecule has 1 aromatic carbocycles. The van der Waals surface area contributed by atoms with Crippen LogP contribution in [0.1, 0.15) is 50.3 Å². The summed E-state index contributed by atoms with van der Waals surface area (Å²) in [5.41, 5.74) is 8.78. The van der Waals surface area contributed by atoms with Crippen molar-refractivity contribution in [3.8, 4) is 0 Å². The third-order valence-electron chi connectivity index (χ3n) is 3.14. The molecule has 0 aromatic heterocycles. The Hall–Kier alpha value is -0.860. The highest BCUT2D eigenvalue weighted by Crippen LogP contribution is 2.21. The van der Waals surface area contributed by atoms with Crippen LogP contribution < -0.4 is 5.73 Å². The first-order valence-electron chi connectivity index (χ1n) is 6.39. The minimum absolute atomic E-state index is 0.112. The van der Waals surface area contributed by atoms with Crippen molar-refractivity contribution in [1.82, 2.24) is 0 Å². The molecule has 0 aliphatic carbocycles. The smallest absolute Gasteiger partial charge is 0.0488 e. The van der Waals surface area contributed by atoms with Gasteiger partial charge in [-0.15, -0.1) is 0 Å². The predicted octanol–water partition coefficient (Wildman–Crippen LogP) is 3.48. The number of hydrogen-bond acceptors (Lipinski definition) is 2. The molecule has 2 heteroatoms. The molecular weight excluding hydrogens is 210 g/mol. The Balaban J connectivity index is 2.60. The van der Waals surface area contributed by atoms with Crippen molar-refractivity contribution >= 4 is 0 Å². The van der Waals surface area contributed by atoms with Gasteiger partial charge in [-0.3, -0.25) is 0 Å². The highest BCUT2D eigenvalue weighted by molar-refractivity contribution is 5.26. The minimum Gasteiger partial charge on any atom is -0.384 e. The van der Waals surface area contributed by atoms with Crippen molar-refractivity contribution in [1.29, 1.82) is 0 Å². The summed E-state index contributed by atoms with van der Waals surface area (Å²) in [6.07, 6.45) is 0.967. The van der Waals surface area contributed by atoms with Gasteiger partial charge in [0.2, 0.25) is 0 Å². The fourth-order valence-corrected chi connectivity index (χ4v) is 2.05. The van der Waals surface area contributed by atoms with Crippen LogP contribution in [-0.2, 0) is 4.74 Å². The maximum absolute atomic E-state index is 6.20. The summed E-state index contributed by atoms with van der Waals surface area (Å²) in [5.74, 6) is 1.08.